The zero-order valence-electron chi connectivity index (χ0n) is 6.35. The van der Waals surface area contributed by atoms with Crippen LogP contribution in [0.2, 0.25) is 0 Å². The fraction of sp³-hybridized carbons (Fsp3) is 0. The predicted octanol–water partition coefficient (Wildman–Crippen LogP) is -0.314. The average molecular weight is 263 g/mol. The largest absolute Gasteiger partial charge is 2.00 e. The van der Waals surface area contributed by atoms with E-state index in [0.717, 1.165) is 0 Å². The van der Waals surface area contributed by atoms with Gasteiger partial charge in [0.1, 0.15) is 0 Å². The molecule has 0 fully saturated rings. The van der Waals surface area contributed by atoms with Crippen molar-refractivity contribution >= 4 is 60.8 Å². The molecule has 0 amide bonds. The van der Waals surface area contributed by atoms with Gasteiger partial charge in [0, 0.05) is 52.7 Å². The summed E-state index contributed by atoms with van der Waals surface area (Å²) in [6.07, 6.45) is 0. The molecule has 0 saturated heterocycles. The summed E-state index contributed by atoms with van der Waals surface area (Å²) in [5.41, 5.74) is 0. The van der Waals surface area contributed by atoms with Gasteiger partial charge in [-0.2, -0.15) is 0 Å². The summed E-state index contributed by atoms with van der Waals surface area (Å²) in [6.45, 7) is 0. The van der Waals surface area contributed by atoms with Gasteiger partial charge < -0.3 is 5.71 Å². The van der Waals surface area contributed by atoms with Crippen LogP contribution in [0.1, 0.15) is 5.71 Å². The zero-order chi connectivity index (χ0) is 0. The predicted molar refractivity (Wildman–Crippen MR) is 16.0 cm³/mol. The van der Waals surface area contributed by atoms with E-state index in [2.05, 4.69) is 0 Å². The molecule has 0 aromatic heterocycles. The van der Waals surface area contributed by atoms with Crippen LogP contribution < -0.4 is 0 Å². The minimum Gasteiger partial charge on any atom is -1.00 e. The van der Waals surface area contributed by atoms with Gasteiger partial charge in [-0.05, 0) is 0 Å². The first-order valence-corrected chi connectivity index (χ1v) is 0. The molecule has 0 spiro atoms. The van der Waals surface area contributed by atoms with Crippen molar-refractivity contribution in [3.05, 3.63) is 0 Å². The van der Waals surface area contributed by atoms with E-state index in [9.17, 15) is 0 Å². The van der Waals surface area contributed by atoms with E-state index >= 15 is 0 Å². The molecule has 19 valence electrons. The zero-order valence-corrected chi connectivity index (χ0v) is 10.7. The Kier molecular flexibility index (Phi) is 99.8. The van der Waals surface area contributed by atoms with Gasteiger partial charge in [-0.1, -0.05) is 0 Å². The second-order valence-corrected chi connectivity index (χ2v) is 0. The Morgan fingerprint density at radius 2 is 1.25 bits per heavy atom. The monoisotopic (exact) mass is 263 g/mol. The van der Waals surface area contributed by atoms with Gasteiger partial charge in [-0.3, -0.25) is 0 Å². The summed E-state index contributed by atoms with van der Waals surface area (Å²) in [4.78, 5) is 0. The summed E-state index contributed by atoms with van der Waals surface area (Å²) < 4.78 is 0. The Labute approximate surface area is 116 Å². The second-order valence-electron chi connectivity index (χ2n) is 0. The third-order valence-corrected chi connectivity index (χ3v) is 0. The summed E-state index contributed by atoms with van der Waals surface area (Å²) in [6, 6.07) is 0. The van der Waals surface area contributed by atoms with Gasteiger partial charge >= 0.3 is 60.8 Å². The van der Waals surface area contributed by atoms with Crippen molar-refractivity contribution in [2.24, 2.45) is 0 Å². The fourth-order valence-electron chi connectivity index (χ4n) is 0. The molecule has 0 bridgehead atoms. The SMILES string of the molecule is [Ca+2].[Fe].[H-].[H-].[H-].[H-].[La].[Mg+2]. The van der Waals surface area contributed by atoms with E-state index in [-0.39, 0.29) is 119 Å². The molecule has 0 aromatic rings. The van der Waals surface area contributed by atoms with Gasteiger partial charge in [0.25, 0.3) is 0 Å². The van der Waals surface area contributed by atoms with E-state index in [4.69, 9.17) is 0 Å². The quantitative estimate of drug-likeness (QED) is 0.526. The van der Waals surface area contributed by atoms with Crippen molar-refractivity contribution in [2.75, 3.05) is 0 Å². The first-order chi connectivity index (χ1) is 0. The molecule has 0 aromatic carbocycles. The Morgan fingerprint density at radius 3 is 1.25 bits per heavy atom. The van der Waals surface area contributed by atoms with E-state index in [1.807, 2.05) is 0 Å². The number of rotatable bonds is 0. The number of hydrogen-bond donors (Lipinski definition) is 0. The van der Waals surface area contributed by atoms with E-state index in [0.29, 0.717) is 0 Å². The van der Waals surface area contributed by atoms with Gasteiger partial charge in [0.05, 0.1) is 0 Å². The van der Waals surface area contributed by atoms with Gasteiger partial charge in [0.15, 0.2) is 0 Å². The summed E-state index contributed by atoms with van der Waals surface area (Å²) in [7, 11) is 0. The van der Waals surface area contributed by atoms with Crippen molar-refractivity contribution in [1.82, 2.24) is 0 Å². The standard InChI is InChI=1S/Ca.Fe.La.Mg.4H/q+2;;;+2;4*-1. The van der Waals surface area contributed by atoms with Crippen molar-refractivity contribution in [3.8, 4) is 0 Å². The molecule has 4 heavy (non-hydrogen) atoms. The van der Waals surface area contributed by atoms with Gasteiger partial charge in [-0.25, -0.2) is 0 Å². The molecule has 4 heteroatoms. The van der Waals surface area contributed by atoms with Crippen molar-refractivity contribution in [3.63, 3.8) is 0 Å². The Hall–Kier alpha value is 3.74. The third kappa shape index (κ3) is 9.22. The maximum absolute atomic E-state index is 0. The van der Waals surface area contributed by atoms with Gasteiger partial charge in [-0.15, -0.1) is 0 Å². The molecule has 0 heterocycles. The van der Waals surface area contributed by atoms with Crippen molar-refractivity contribution in [2.45, 2.75) is 0 Å². The fourth-order valence-corrected chi connectivity index (χ4v) is 0. The minimum absolute atomic E-state index is 0. The molecule has 0 aliphatic carbocycles. The molecule has 0 aliphatic rings. The van der Waals surface area contributed by atoms with Gasteiger partial charge in [0.2, 0.25) is 0 Å². The molecule has 0 rings (SSSR count). The molecule has 1 radical (unpaired) electrons. The van der Waals surface area contributed by atoms with Crippen LogP contribution in [0.3, 0.4) is 0 Å². The molecule has 0 aliphatic heterocycles. The summed E-state index contributed by atoms with van der Waals surface area (Å²) in [5, 5.41) is 0. The molecule has 0 N–H and O–H groups in total. The molecule has 0 nitrogen and oxygen atoms in total. The maximum atomic E-state index is 0. The van der Waals surface area contributed by atoms with Crippen LogP contribution in [0.25, 0.3) is 0 Å². The van der Waals surface area contributed by atoms with Crippen LogP contribution in [0.15, 0.2) is 0 Å². The Morgan fingerprint density at radius 1 is 1.25 bits per heavy atom. The molecule has 0 unspecified atom stereocenters. The summed E-state index contributed by atoms with van der Waals surface area (Å²) in [5.74, 6) is 0. The van der Waals surface area contributed by atoms with Crippen LogP contribution >= 0.6 is 0 Å². The van der Waals surface area contributed by atoms with Crippen molar-refractivity contribution in [1.29, 1.82) is 0 Å². The first kappa shape index (κ1) is 25.1. The smallest absolute Gasteiger partial charge is 1.00 e. The van der Waals surface area contributed by atoms with Crippen molar-refractivity contribution < 1.29 is 58.4 Å². The van der Waals surface area contributed by atoms with E-state index in [1.54, 1.807) is 0 Å². The third-order valence-electron chi connectivity index (χ3n) is 0. The minimum atomic E-state index is 0. The average Bonchev–Trinajstić information content (AvgIpc) is 0. The number of hydrogen-bond acceptors (Lipinski definition) is 0. The maximum Gasteiger partial charge on any atom is 2.00 e. The first-order valence-electron chi connectivity index (χ1n) is 0. The molecule has 0 saturated carbocycles. The summed E-state index contributed by atoms with van der Waals surface area (Å²) >= 11 is 0. The molecular formula is H4CaFeLaMg. The van der Waals surface area contributed by atoms with Crippen LogP contribution in [-0.4, -0.2) is 60.8 Å². The Balaban J connectivity index is 0. The van der Waals surface area contributed by atoms with Crippen LogP contribution in [0.4, 0.5) is 0 Å². The van der Waals surface area contributed by atoms with E-state index < -0.39 is 0 Å². The second kappa shape index (κ2) is 15.9. The van der Waals surface area contributed by atoms with Crippen LogP contribution in [0, 0.1) is 35.6 Å². The topological polar surface area (TPSA) is 0 Å². The van der Waals surface area contributed by atoms with Crippen LogP contribution in [0.5, 0.6) is 0 Å². The normalized spacial score (nSPS) is 0. The molecule has 0 atom stereocenters. The van der Waals surface area contributed by atoms with E-state index in [1.165, 1.54) is 0 Å². The Bertz CT molecular complexity index is 16.0. The van der Waals surface area contributed by atoms with Crippen LogP contribution in [-0.2, 0) is 17.1 Å². The molecular weight excluding hydrogens is 259 g/mol.